The van der Waals surface area contributed by atoms with Crippen LogP contribution in [0.2, 0.25) is 0 Å². The maximum absolute atomic E-state index is 12.7. The first-order chi connectivity index (χ1) is 13.0. The predicted molar refractivity (Wildman–Crippen MR) is 106 cm³/mol. The molecule has 1 atom stereocenters. The largest absolute Gasteiger partial charge is 0.423 e. The normalized spacial score (nSPS) is 12.2. The highest BCUT2D eigenvalue weighted by atomic mass is 16.6. The van der Waals surface area contributed by atoms with Crippen molar-refractivity contribution in [3.8, 4) is 11.5 Å². The molecule has 0 heterocycles. The van der Waals surface area contributed by atoms with E-state index in [4.69, 9.17) is 15.2 Å². The minimum Gasteiger partial charge on any atom is -0.423 e. The van der Waals surface area contributed by atoms with Crippen LogP contribution in [0, 0.1) is 12.3 Å². The van der Waals surface area contributed by atoms with Gasteiger partial charge in [-0.1, -0.05) is 39.0 Å². The fourth-order valence-electron chi connectivity index (χ4n) is 2.51. The van der Waals surface area contributed by atoms with Crippen LogP contribution in [0.5, 0.6) is 11.5 Å². The molecule has 0 bridgehead atoms. The van der Waals surface area contributed by atoms with Crippen molar-refractivity contribution in [3.05, 3.63) is 59.2 Å². The maximum atomic E-state index is 12.7. The summed E-state index contributed by atoms with van der Waals surface area (Å²) in [6, 6.07) is 10.5. The summed E-state index contributed by atoms with van der Waals surface area (Å²) in [6.07, 6.45) is 0. The van der Waals surface area contributed by atoms with Gasteiger partial charge in [0.05, 0.1) is 11.6 Å². The van der Waals surface area contributed by atoms with Crippen LogP contribution in [0.3, 0.4) is 0 Å². The molecule has 0 saturated carbocycles. The van der Waals surface area contributed by atoms with Crippen molar-refractivity contribution in [2.24, 2.45) is 11.1 Å². The molecule has 2 N–H and O–H groups in total. The van der Waals surface area contributed by atoms with Gasteiger partial charge in [0, 0.05) is 12.5 Å². The Balaban J connectivity index is 2.42. The lowest BCUT2D eigenvalue weighted by Gasteiger charge is -2.25. The van der Waals surface area contributed by atoms with Gasteiger partial charge in [0.1, 0.15) is 0 Å². The van der Waals surface area contributed by atoms with Gasteiger partial charge in [0.25, 0.3) is 0 Å². The van der Waals surface area contributed by atoms with Crippen LogP contribution < -0.4 is 15.2 Å². The Labute approximate surface area is 164 Å². The zero-order valence-electron chi connectivity index (χ0n) is 16.7. The van der Waals surface area contributed by atoms with E-state index in [2.05, 4.69) is 0 Å². The summed E-state index contributed by atoms with van der Waals surface area (Å²) in [6.45, 7) is 8.61. The molecule has 0 aliphatic heterocycles. The van der Waals surface area contributed by atoms with Crippen molar-refractivity contribution >= 4 is 17.7 Å². The first-order valence-electron chi connectivity index (χ1n) is 8.90. The quantitative estimate of drug-likeness (QED) is 0.480. The fourth-order valence-corrected chi connectivity index (χ4v) is 2.51. The number of carbonyl (C=O) groups excluding carboxylic acids is 3. The lowest BCUT2D eigenvalue weighted by molar-refractivity contribution is -0.132. The molecule has 0 amide bonds. The Hall–Kier alpha value is -2.99. The molecule has 2 aromatic rings. The number of carbonyl (C=O) groups is 3. The molecule has 0 aliphatic carbocycles. The van der Waals surface area contributed by atoms with Crippen molar-refractivity contribution in [2.75, 3.05) is 0 Å². The summed E-state index contributed by atoms with van der Waals surface area (Å²) in [5, 5.41) is 0. The molecular formula is C22H25NO5. The number of Topliss-reactive ketones (excluding diaryl/α,β-unsaturated/α-hetero) is 1. The highest BCUT2D eigenvalue weighted by molar-refractivity contribution is 6.01. The van der Waals surface area contributed by atoms with E-state index >= 15 is 0 Å². The summed E-state index contributed by atoms with van der Waals surface area (Å²) in [5.74, 6) is -1.45. The lowest BCUT2D eigenvalue weighted by Crippen LogP contribution is -2.42. The van der Waals surface area contributed by atoms with Gasteiger partial charge < -0.3 is 15.2 Å². The Morgan fingerprint density at radius 1 is 0.964 bits per heavy atom. The number of hydrogen-bond donors (Lipinski definition) is 1. The van der Waals surface area contributed by atoms with E-state index in [1.807, 2.05) is 26.8 Å². The number of esters is 2. The van der Waals surface area contributed by atoms with Gasteiger partial charge in [-0.25, -0.2) is 4.79 Å². The number of rotatable bonds is 5. The molecule has 0 radical (unpaired) electrons. The van der Waals surface area contributed by atoms with Gasteiger partial charge in [-0.2, -0.15) is 0 Å². The van der Waals surface area contributed by atoms with Crippen LogP contribution in [0.1, 0.15) is 54.0 Å². The van der Waals surface area contributed by atoms with E-state index in [1.54, 1.807) is 25.1 Å². The molecule has 2 aromatic carbocycles. The smallest absolute Gasteiger partial charge is 0.343 e. The summed E-state index contributed by atoms with van der Waals surface area (Å²) in [4.78, 5) is 36.7. The van der Waals surface area contributed by atoms with Crippen LogP contribution in [0.4, 0.5) is 0 Å². The Morgan fingerprint density at radius 2 is 1.61 bits per heavy atom. The first-order valence-corrected chi connectivity index (χ1v) is 8.90. The summed E-state index contributed by atoms with van der Waals surface area (Å²) in [7, 11) is 0. The average molecular weight is 383 g/mol. The van der Waals surface area contributed by atoms with Gasteiger partial charge in [-0.05, 0) is 42.2 Å². The molecule has 6 nitrogen and oxygen atoms in total. The SMILES string of the molecule is CC(=O)Oc1ccc(C(=O)C(N)C(C)(C)C)cc1OC(=O)c1ccccc1C. The zero-order chi connectivity index (χ0) is 21.1. The molecule has 28 heavy (non-hydrogen) atoms. The summed E-state index contributed by atoms with van der Waals surface area (Å²) >= 11 is 0. The van der Waals surface area contributed by atoms with Crippen LogP contribution >= 0.6 is 0 Å². The average Bonchev–Trinajstić information content (AvgIpc) is 2.61. The van der Waals surface area contributed by atoms with Gasteiger partial charge in [-0.15, -0.1) is 0 Å². The standard InChI is InChI=1S/C22H25NO5/c1-13-8-6-7-9-16(13)21(26)28-18-12-15(10-11-17(18)27-14(2)24)19(25)20(23)22(3,4)5/h6-12,20H,23H2,1-5H3. The highest BCUT2D eigenvalue weighted by Crippen LogP contribution is 2.31. The third-order valence-electron chi connectivity index (χ3n) is 4.27. The molecule has 2 rings (SSSR count). The van der Waals surface area contributed by atoms with Crippen molar-refractivity contribution in [2.45, 2.75) is 40.7 Å². The Morgan fingerprint density at radius 3 is 2.18 bits per heavy atom. The van der Waals surface area contributed by atoms with Crippen molar-refractivity contribution < 1.29 is 23.9 Å². The number of aryl methyl sites for hydroxylation is 1. The van der Waals surface area contributed by atoms with E-state index in [1.165, 1.54) is 25.1 Å². The molecular weight excluding hydrogens is 358 g/mol. The van der Waals surface area contributed by atoms with Crippen molar-refractivity contribution in [3.63, 3.8) is 0 Å². The Bertz CT molecular complexity index is 911. The summed E-state index contributed by atoms with van der Waals surface area (Å²) in [5.41, 5.74) is 7.01. The van der Waals surface area contributed by atoms with Crippen LogP contribution in [-0.2, 0) is 4.79 Å². The van der Waals surface area contributed by atoms with Crippen molar-refractivity contribution in [1.82, 2.24) is 0 Å². The predicted octanol–water partition coefficient (Wildman–Crippen LogP) is 3.70. The van der Waals surface area contributed by atoms with Crippen molar-refractivity contribution in [1.29, 1.82) is 0 Å². The van der Waals surface area contributed by atoms with Crippen LogP contribution in [0.15, 0.2) is 42.5 Å². The second-order valence-corrected chi connectivity index (χ2v) is 7.67. The van der Waals surface area contributed by atoms with Gasteiger partial charge in [0.2, 0.25) is 0 Å². The van der Waals surface area contributed by atoms with Crippen LogP contribution in [0.25, 0.3) is 0 Å². The van der Waals surface area contributed by atoms with E-state index in [9.17, 15) is 14.4 Å². The minimum absolute atomic E-state index is 0.0181. The number of ether oxygens (including phenoxy) is 2. The monoisotopic (exact) mass is 383 g/mol. The van der Waals surface area contributed by atoms with Gasteiger partial charge in [-0.3, -0.25) is 9.59 Å². The second-order valence-electron chi connectivity index (χ2n) is 7.67. The number of ketones is 1. The van der Waals surface area contributed by atoms with E-state index in [-0.39, 0.29) is 22.8 Å². The molecule has 0 fully saturated rings. The molecule has 0 aromatic heterocycles. The maximum Gasteiger partial charge on any atom is 0.343 e. The first kappa shape index (κ1) is 21.3. The Kier molecular flexibility index (Phi) is 6.36. The van der Waals surface area contributed by atoms with Gasteiger partial charge >= 0.3 is 11.9 Å². The van der Waals surface area contributed by atoms with E-state index in [0.717, 1.165) is 5.56 Å². The van der Waals surface area contributed by atoms with E-state index in [0.29, 0.717) is 5.56 Å². The molecule has 0 spiro atoms. The number of hydrogen-bond acceptors (Lipinski definition) is 6. The molecule has 148 valence electrons. The second kappa shape index (κ2) is 8.35. The highest BCUT2D eigenvalue weighted by Gasteiger charge is 2.29. The fraction of sp³-hybridized carbons (Fsp3) is 0.318. The summed E-state index contributed by atoms with van der Waals surface area (Å²) < 4.78 is 10.6. The number of nitrogens with two attached hydrogens (primary N) is 1. The van der Waals surface area contributed by atoms with E-state index < -0.39 is 23.4 Å². The van der Waals surface area contributed by atoms with Gasteiger partial charge in [0.15, 0.2) is 17.3 Å². The van der Waals surface area contributed by atoms with Crippen LogP contribution in [-0.4, -0.2) is 23.8 Å². The third kappa shape index (κ3) is 5.04. The number of benzene rings is 2. The zero-order valence-corrected chi connectivity index (χ0v) is 16.7. The lowest BCUT2D eigenvalue weighted by atomic mass is 9.83. The molecule has 6 heteroatoms. The molecule has 0 aliphatic rings. The third-order valence-corrected chi connectivity index (χ3v) is 4.27. The topological polar surface area (TPSA) is 95.7 Å². The minimum atomic E-state index is -0.744. The molecule has 0 saturated heterocycles. The molecule has 1 unspecified atom stereocenters.